The van der Waals surface area contributed by atoms with Crippen molar-refractivity contribution in [1.29, 1.82) is 0 Å². The second kappa shape index (κ2) is 7.75. The minimum atomic E-state index is -0.239. The quantitative estimate of drug-likeness (QED) is 0.737. The van der Waals surface area contributed by atoms with Crippen molar-refractivity contribution < 1.29 is 5.11 Å². The van der Waals surface area contributed by atoms with Gasteiger partial charge >= 0.3 is 0 Å². The summed E-state index contributed by atoms with van der Waals surface area (Å²) >= 11 is 13.6. The lowest BCUT2D eigenvalue weighted by molar-refractivity contribution is 0.162. The number of thioether (sulfide) groups is 1. The van der Waals surface area contributed by atoms with Crippen LogP contribution in [-0.2, 0) is 0 Å². The van der Waals surface area contributed by atoms with Crippen LogP contribution in [0.15, 0.2) is 23.1 Å². The molecule has 0 aromatic heterocycles. The van der Waals surface area contributed by atoms with Gasteiger partial charge in [-0.15, -0.1) is 11.8 Å². The smallest absolute Gasteiger partial charge is 0.0610 e. The highest BCUT2D eigenvalue weighted by atomic mass is 35.5. The molecule has 1 aromatic rings. The van der Waals surface area contributed by atoms with Gasteiger partial charge in [0.25, 0.3) is 0 Å². The predicted molar refractivity (Wildman–Crippen MR) is 85.6 cm³/mol. The van der Waals surface area contributed by atoms with Crippen LogP contribution in [0.4, 0.5) is 0 Å². The normalized spacial score (nSPS) is 14.7. The largest absolute Gasteiger partial charge is 0.394 e. The molecule has 0 saturated carbocycles. The van der Waals surface area contributed by atoms with Crippen molar-refractivity contribution in [3.8, 4) is 0 Å². The van der Waals surface area contributed by atoms with E-state index in [1.807, 2.05) is 25.1 Å². The van der Waals surface area contributed by atoms with Crippen molar-refractivity contribution in [3.05, 3.63) is 28.2 Å². The van der Waals surface area contributed by atoms with E-state index in [1.54, 1.807) is 11.8 Å². The molecular formula is C14H21Cl2NOS. The minimum absolute atomic E-state index is 0.132. The Labute approximate surface area is 129 Å². The van der Waals surface area contributed by atoms with Crippen molar-refractivity contribution in [2.75, 3.05) is 12.4 Å². The van der Waals surface area contributed by atoms with Gasteiger partial charge in [-0.05, 0) is 37.3 Å². The Morgan fingerprint density at radius 3 is 2.53 bits per heavy atom. The first-order chi connectivity index (χ1) is 8.86. The van der Waals surface area contributed by atoms with Crippen LogP contribution in [0.1, 0.15) is 27.2 Å². The van der Waals surface area contributed by atoms with Gasteiger partial charge in [-0.3, -0.25) is 0 Å². The van der Waals surface area contributed by atoms with Crippen LogP contribution in [-0.4, -0.2) is 29.0 Å². The zero-order valence-corrected chi connectivity index (χ0v) is 13.9. The summed E-state index contributed by atoms with van der Waals surface area (Å²) in [6.07, 6.45) is 0.882. The molecule has 0 aliphatic heterocycles. The van der Waals surface area contributed by atoms with Gasteiger partial charge < -0.3 is 10.4 Å². The molecule has 0 aliphatic rings. The standard InChI is InChI=1S/C14H21Cl2NOS/c1-10(2)17-14(3,9-18)6-7-19-11-4-5-12(15)13(16)8-11/h4-5,8,10,17-18H,6-7,9H2,1-3H3. The topological polar surface area (TPSA) is 32.3 Å². The summed E-state index contributed by atoms with van der Waals surface area (Å²) in [5, 5.41) is 14.1. The lowest BCUT2D eigenvalue weighted by Gasteiger charge is -2.31. The number of halogens is 2. The highest BCUT2D eigenvalue weighted by Gasteiger charge is 2.23. The number of benzene rings is 1. The zero-order chi connectivity index (χ0) is 14.5. The highest BCUT2D eigenvalue weighted by molar-refractivity contribution is 7.99. The molecule has 19 heavy (non-hydrogen) atoms. The van der Waals surface area contributed by atoms with Gasteiger partial charge in [0.1, 0.15) is 0 Å². The number of rotatable bonds is 7. The van der Waals surface area contributed by atoms with Crippen molar-refractivity contribution in [1.82, 2.24) is 5.32 Å². The molecule has 0 fully saturated rings. The maximum Gasteiger partial charge on any atom is 0.0610 e. The molecule has 0 spiro atoms. The molecule has 1 unspecified atom stereocenters. The molecule has 0 aliphatic carbocycles. The van der Waals surface area contributed by atoms with Crippen LogP contribution in [0, 0.1) is 0 Å². The molecule has 0 radical (unpaired) electrons. The van der Waals surface area contributed by atoms with Gasteiger partial charge in [-0.1, -0.05) is 37.0 Å². The van der Waals surface area contributed by atoms with Crippen LogP contribution in [0.5, 0.6) is 0 Å². The lowest BCUT2D eigenvalue weighted by atomic mass is 9.99. The van der Waals surface area contributed by atoms with E-state index in [0.29, 0.717) is 16.1 Å². The molecule has 2 nitrogen and oxygen atoms in total. The van der Waals surface area contributed by atoms with Gasteiger partial charge in [0.2, 0.25) is 0 Å². The van der Waals surface area contributed by atoms with Crippen molar-refractivity contribution in [2.24, 2.45) is 0 Å². The Hall–Kier alpha value is 0.0700. The summed E-state index contributed by atoms with van der Waals surface area (Å²) < 4.78 is 0. The lowest BCUT2D eigenvalue weighted by Crippen LogP contribution is -2.49. The molecule has 108 valence electrons. The molecule has 1 aromatic carbocycles. The first-order valence-electron chi connectivity index (χ1n) is 6.33. The highest BCUT2D eigenvalue weighted by Crippen LogP contribution is 2.29. The molecule has 2 N–H and O–H groups in total. The summed E-state index contributed by atoms with van der Waals surface area (Å²) in [6.45, 7) is 6.34. The molecule has 0 amide bonds. The van der Waals surface area contributed by atoms with Gasteiger partial charge in [0, 0.05) is 16.5 Å². The monoisotopic (exact) mass is 321 g/mol. The predicted octanol–water partition coefficient (Wildman–Crippen LogP) is 4.22. The average Bonchev–Trinajstić information content (AvgIpc) is 2.33. The van der Waals surface area contributed by atoms with Crippen molar-refractivity contribution >= 4 is 35.0 Å². The average molecular weight is 322 g/mol. The van der Waals surface area contributed by atoms with E-state index in [0.717, 1.165) is 17.1 Å². The third kappa shape index (κ3) is 5.92. The Bertz CT molecular complexity index is 414. The summed E-state index contributed by atoms with van der Waals surface area (Å²) in [4.78, 5) is 1.10. The maximum absolute atomic E-state index is 9.50. The third-order valence-electron chi connectivity index (χ3n) is 2.80. The van der Waals surface area contributed by atoms with Crippen LogP contribution in [0.2, 0.25) is 10.0 Å². The number of nitrogens with one attached hydrogen (secondary N) is 1. The van der Waals surface area contributed by atoms with Crippen LogP contribution < -0.4 is 5.32 Å². The summed E-state index contributed by atoms with van der Waals surface area (Å²) in [6, 6.07) is 6.00. The number of hydrogen-bond donors (Lipinski definition) is 2. The van der Waals surface area contributed by atoms with E-state index in [9.17, 15) is 5.11 Å². The molecular weight excluding hydrogens is 301 g/mol. The Balaban J connectivity index is 2.50. The maximum atomic E-state index is 9.50. The third-order valence-corrected chi connectivity index (χ3v) is 4.53. The first kappa shape index (κ1) is 17.1. The molecule has 0 heterocycles. The fourth-order valence-electron chi connectivity index (χ4n) is 1.85. The van der Waals surface area contributed by atoms with Crippen LogP contribution >= 0.6 is 35.0 Å². The van der Waals surface area contributed by atoms with E-state index in [2.05, 4.69) is 19.2 Å². The van der Waals surface area contributed by atoms with E-state index in [1.165, 1.54) is 0 Å². The number of hydrogen-bond acceptors (Lipinski definition) is 3. The Morgan fingerprint density at radius 1 is 1.32 bits per heavy atom. The summed E-state index contributed by atoms with van der Waals surface area (Å²) in [7, 11) is 0. The molecule has 1 rings (SSSR count). The van der Waals surface area contributed by atoms with E-state index < -0.39 is 0 Å². The van der Waals surface area contributed by atoms with E-state index in [4.69, 9.17) is 23.2 Å². The zero-order valence-electron chi connectivity index (χ0n) is 11.5. The summed E-state index contributed by atoms with van der Waals surface area (Å²) in [5.74, 6) is 0.911. The fraction of sp³-hybridized carbons (Fsp3) is 0.571. The van der Waals surface area contributed by atoms with E-state index >= 15 is 0 Å². The van der Waals surface area contributed by atoms with Crippen LogP contribution in [0.3, 0.4) is 0 Å². The second-order valence-corrected chi connectivity index (χ2v) is 7.17. The van der Waals surface area contributed by atoms with Gasteiger partial charge in [0.15, 0.2) is 0 Å². The Kier molecular flexibility index (Phi) is 6.98. The second-order valence-electron chi connectivity index (χ2n) is 5.19. The van der Waals surface area contributed by atoms with Gasteiger partial charge in [-0.2, -0.15) is 0 Å². The molecule has 0 saturated heterocycles. The van der Waals surface area contributed by atoms with Gasteiger partial charge in [0.05, 0.1) is 16.7 Å². The molecule has 0 bridgehead atoms. The van der Waals surface area contributed by atoms with Crippen LogP contribution in [0.25, 0.3) is 0 Å². The Morgan fingerprint density at radius 2 is 2.00 bits per heavy atom. The molecule has 5 heteroatoms. The van der Waals surface area contributed by atoms with Crippen molar-refractivity contribution in [3.63, 3.8) is 0 Å². The van der Waals surface area contributed by atoms with Crippen molar-refractivity contribution in [2.45, 2.75) is 43.7 Å². The molecule has 1 atom stereocenters. The number of aliphatic hydroxyl groups is 1. The fourth-order valence-corrected chi connectivity index (χ4v) is 3.37. The van der Waals surface area contributed by atoms with Gasteiger partial charge in [-0.25, -0.2) is 0 Å². The number of aliphatic hydroxyl groups excluding tert-OH is 1. The minimum Gasteiger partial charge on any atom is -0.394 e. The van der Waals surface area contributed by atoms with E-state index in [-0.39, 0.29) is 12.1 Å². The summed E-state index contributed by atoms with van der Waals surface area (Å²) in [5.41, 5.74) is -0.239. The SMILES string of the molecule is CC(C)NC(C)(CO)CCSc1ccc(Cl)c(Cl)c1. The first-order valence-corrected chi connectivity index (χ1v) is 8.07.